The Balaban J connectivity index is 2.10. The van der Waals surface area contributed by atoms with Crippen LogP contribution in [0, 0.1) is 0 Å². The molecule has 0 bridgehead atoms. The van der Waals surface area contributed by atoms with Gasteiger partial charge in [-0.15, -0.1) is 11.3 Å². The summed E-state index contributed by atoms with van der Waals surface area (Å²) in [5, 5.41) is 12.8. The molecule has 0 aliphatic rings. The van der Waals surface area contributed by atoms with Gasteiger partial charge in [0.2, 0.25) is 0 Å². The van der Waals surface area contributed by atoms with E-state index in [1.165, 1.54) is 17.6 Å². The van der Waals surface area contributed by atoms with Gasteiger partial charge < -0.3 is 9.52 Å². The van der Waals surface area contributed by atoms with Gasteiger partial charge in [-0.05, 0) is 17.7 Å². The molecule has 1 unspecified atom stereocenters. The molecule has 2 aromatic rings. The number of aromatic nitrogens is 1. The van der Waals surface area contributed by atoms with E-state index in [4.69, 9.17) is 16.0 Å². The fraction of sp³-hybridized carbons (Fsp3) is 0.222. The Bertz CT molecular complexity index is 399. The highest BCUT2D eigenvalue weighted by molar-refractivity contribution is 7.09. The Kier molecular flexibility index (Phi) is 2.86. The molecule has 0 radical (unpaired) electrons. The van der Waals surface area contributed by atoms with Crippen molar-refractivity contribution in [3.63, 3.8) is 0 Å². The van der Waals surface area contributed by atoms with Crippen LogP contribution in [0.4, 0.5) is 0 Å². The highest BCUT2D eigenvalue weighted by atomic mass is 35.5. The fourth-order valence-electron chi connectivity index (χ4n) is 1.17. The van der Waals surface area contributed by atoms with Crippen molar-refractivity contribution in [2.24, 2.45) is 0 Å². The van der Waals surface area contributed by atoms with Gasteiger partial charge in [-0.2, -0.15) is 0 Å². The summed E-state index contributed by atoms with van der Waals surface area (Å²) in [7, 11) is 0. The van der Waals surface area contributed by atoms with E-state index >= 15 is 0 Å². The molecule has 0 amide bonds. The van der Waals surface area contributed by atoms with Crippen molar-refractivity contribution in [1.29, 1.82) is 0 Å². The first-order chi connectivity index (χ1) is 6.77. The maximum atomic E-state index is 9.78. The molecule has 0 saturated carbocycles. The Morgan fingerprint density at radius 1 is 1.64 bits per heavy atom. The highest BCUT2D eigenvalue weighted by Gasteiger charge is 2.15. The van der Waals surface area contributed by atoms with E-state index < -0.39 is 6.10 Å². The number of hydrogen-bond acceptors (Lipinski definition) is 4. The lowest BCUT2D eigenvalue weighted by Crippen LogP contribution is -2.00. The molecule has 2 rings (SSSR count). The van der Waals surface area contributed by atoms with Crippen molar-refractivity contribution >= 4 is 22.9 Å². The molecule has 0 saturated heterocycles. The van der Waals surface area contributed by atoms with Crippen LogP contribution >= 0.6 is 22.9 Å². The smallest absolute Gasteiger partial charge is 0.198 e. The molecule has 0 fully saturated rings. The SMILES string of the molecule is OC(Cc1nccs1)c1ccoc1Cl. The fourth-order valence-corrected chi connectivity index (χ4v) is 2.07. The van der Waals surface area contributed by atoms with Crippen molar-refractivity contribution in [1.82, 2.24) is 4.98 Å². The molecule has 74 valence electrons. The Hall–Kier alpha value is -0.840. The largest absolute Gasteiger partial charge is 0.453 e. The Morgan fingerprint density at radius 3 is 3.07 bits per heavy atom. The summed E-state index contributed by atoms with van der Waals surface area (Å²) in [6.07, 6.45) is 3.00. The van der Waals surface area contributed by atoms with Crippen LogP contribution in [0.25, 0.3) is 0 Å². The minimum Gasteiger partial charge on any atom is -0.453 e. The van der Waals surface area contributed by atoms with E-state index in [0.29, 0.717) is 12.0 Å². The van der Waals surface area contributed by atoms with E-state index in [-0.39, 0.29) is 5.22 Å². The molecule has 2 aromatic heterocycles. The first kappa shape index (κ1) is 9.71. The summed E-state index contributed by atoms with van der Waals surface area (Å²) >= 11 is 7.24. The van der Waals surface area contributed by atoms with E-state index in [0.717, 1.165) is 5.01 Å². The minimum atomic E-state index is -0.646. The summed E-state index contributed by atoms with van der Waals surface area (Å²) in [6, 6.07) is 1.67. The summed E-state index contributed by atoms with van der Waals surface area (Å²) in [6.45, 7) is 0. The number of aliphatic hydroxyl groups is 1. The van der Waals surface area contributed by atoms with Gasteiger partial charge in [0.1, 0.15) is 0 Å². The molecular weight excluding hydrogens is 222 g/mol. The quantitative estimate of drug-likeness (QED) is 0.880. The van der Waals surface area contributed by atoms with Crippen LogP contribution in [-0.2, 0) is 6.42 Å². The molecule has 0 aliphatic carbocycles. The predicted octanol–water partition coefficient (Wildman–Crippen LogP) is 2.67. The van der Waals surface area contributed by atoms with Crippen LogP contribution in [0.1, 0.15) is 16.7 Å². The number of aliphatic hydroxyl groups excluding tert-OH is 1. The third kappa shape index (κ3) is 1.97. The molecular formula is C9H8ClNO2S. The van der Waals surface area contributed by atoms with Crippen molar-refractivity contribution in [3.05, 3.63) is 39.7 Å². The third-order valence-corrected chi connectivity index (χ3v) is 2.97. The van der Waals surface area contributed by atoms with E-state index in [2.05, 4.69) is 4.98 Å². The van der Waals surface area contributed by atoms with Gasteiger partial charge >= 0.3 is 0 Å². The summed E-state index contributed by atoms with van der Waals surface area (Å²) < 4.78 is 4.89. The van der Waals surface area contributed by atoms with Crippen molar-refractivity contribution in [2.75, 3.05) is 0 Å². The summed E-state index contributed by atoms with van der Waals surface area (Å²) in [4.78, 5) is 4.08. The second-order valence-electron chi connectivity index (χ2n) is 2.80. The normalized spacial score (nSPS) is 13.0. The second-order valence-corrected chi connectivity index (χ2v) is 4.12. The topological polar surface area (TPSA) is 46.3 Å². The number of thiazole rings is 1. The van der Waals surface area contributed by atoms with Crippen molar-refractivity contribution < 1.29 is 9.52 Å². The van der Waals surface area contributed by atoms with Crippen molar-refractivity contribution in [2.45, 2.75) is 12.5 Å². The monoisotopic (exact) mass is 229 g/mol. The lowest BCUT2D eigenvalue weighted by atomic mass is 10.1. The standard InChI is InChI=1S/C9H8ClNO2S/c10-9-6(1-3-13-9)7(12)5-8-11-2-4-14-8/h1-4,7,12H,5H2. The molecule has 14 heavy (non-hydrogen) atoms. The number of halogens is 1. The first-order valence-electron chi connectivity index (χ1n) is 4.06. The average molecular weight is 230 g/mol. The summed E-state index contributed by atoms with van der Waals surface area (Å²) in [5.74, 6) is 0. The lowest BCUT2D eigenvalue weighted by molar-refractivity contribution is 0.177. The lowest BCUT2D eigenvalue weighted by Gasteiger charge is -2.05. The molecule has 1 N–H and O–H groups in total. The molecule has 5 heteroatoms. The number of rotatable bonds is 3. The van der Waals surface area contributed by atoms with Crippen LogP contribution in [0.2, 0.25) is 5.22 Å². The number of furan rings is 1. The van der Waals surface area contributed by atoms with Crippen LogP contribution in [0.5, 0.6) is 0 Å². The first-order valence-corrected chi connectivity index (χ1v) is 5.32. The van der Waals surface area contributed by atoms with Gasteiger partial charge in [0, 0.05) is 23.6 Å². The van der Waals surface area contributed by atoms with E-state index in [9.17, 15) is 5.11 Å². The second kappa shape index (κ2) is 4.13. The minimum absolute atomic E-state index is 0.244. The summed E-state index contributed by atoms with van der Waals surface area (Å²) in [5.41, 5.74) is 0.613. The van der Waals surface area contributed by atoms with Gasteiger partial charge in [-0.25, -0.2) is 4.98 Å². The van der Waals surface area contributed by atoms with Gasteiger partial charge in [-0.1, -0.05) is 0 Å². The molecule has 1 atom stereocenters. The molecule has 2 heterocycles. The van der Waals surface area contributed by atoms with Crippen LogP contribution in [-0.4, -0.2) is 10.1 Å². The van der Waals surface area contributed by atoms with E-state index in [1.807, 2.05) is 5.38 Å². The zero-order valence-corrected chi connectivity index (χ0v) is 8.76. The molecule has 3 nitrogen and oxygen atoms in total. The van der Waals surface area contributed by atoms with Gasteiger partial charge in [-0.3, -0.25) is 0 Å². The number of nitrogens with zero attached hydrogens (tertiary/aromatic N) is 1. The predicted molar refractivity (Wildman–Crippen MR) is 54.5 cm³/mol. The molecule has 0 aromatic carbocycles. The maximum Gasteiger partial charge on any atom is 0.198 e. The average Bonchev–Trinajstić information content (AvgIpc) is 2.75. The van der Waals surface area contributed by atoms with Gasteiger partial charge in [0.15, 0.2) is 5.22 Å². The molecule has 0 aliphatic heterocycles. The zero-order valence-electron chi connectivity index (χ0n) is 7.18. The maximum absolute atomic E-state index is 9.78. The van der Waals surface area contributed by atoms with Gasteiger partial charge in [0.05, 0.1) is 17.4 Å². The van der Waals surface area contributed by atoms with E-state index in [1.54, 1.807) is 12.3 Å². The Morgan fingerprint density at radius 2 is 2.50 bits per heavy atom. The van der Waals surface area contributed by atoms with Crippen molar-refractivity contribution in [3.8, 4) is 0 Å². The zero-order chi connectivity index (χ0) is 9.97. The van der Waals surface area contributed by atoms with Crippen LogP contribution in [0.3, 0.4) is 0 Å². The third-order valence-electron chi connectivity index (χ3n) is 1.86. The van der Waals surface area contributed by atoms with Gasteiger partial charge in [0.25, 0.3) is 0 Å². The van der Waals surface area contributed by atoms with Crippen LogP contribution < -0.4 is 0 Å². The molecule has 0 spiro atoms. The Labute approximate surface area is 90.0 Å². The van der Waals surface area contributed by atoms with Crippen LogP contribution in [0.15, 0.2) is 28.3 Å². The number of hydrogen-bond donors (Lipinski definition) is 1. The highest BCUT2D eigenvalue weighted by Crippen LogP contribution is 2.26.